The highest BCUT2D eigenvalue weighted by atomic mass is 32.1. The minimum absolute atomic E-state index is 0.0712. The molecular weight excluding hydrogens is 370 g/mol. The fourth-order valence-electron chi connectivity index (χ4n) is 1.80. The van der Waals surface area contributed by atoms with Crippen LogP contribution >= 0.6 is 11.3 Å². The second-order valence-corrected chi connectivity index (χ2v) is 5.82. The van der Waals surface area contributed by atoms with Gasteiger partial charge < -0.3 is 14.8 Å². The normalized spacial score (nSPS) is 10.3. The van der Waals surface area contributed by atoms with Crippen molar-refractivity contribution in [1.29, 1.82) is 0 Å². The van der Waals surface area contributed by atoms with Crippen molar-refractivity contribution in [3.05, 3.63) is 52.2 Å². The van der Waals surface area contributed by atoms with Gasteiger partial charge in [0.15, 0.2) is 6.61 Å². The molecule has 0 radical (unpaired) electrons. The number of hydrogen-bond acceptors (Lipinski definition) is 6. The number of thiophene rings is 1. The third kappa shape index (κ3) is 6.48. The van der Waals surface area contributed by atoms with Gasteiger partial charge in [-0.1, -0.05) is 12.1 Å². The number of hydrogen-bond donors (Lipinski definition) is 2. The van der Waals surface area contributed by atoms with Gasteiger partial charge in [-0.25, -0.2) is 9.59 Å². The van der Waals surface area contributed by atoms with E-state index in [0.29, 0.717) is 0 Å². The maximum Gasteiger partial charge on any atom is 0.387 e. The lowest BCUT2D eigenvalue weighted by molar-refractivity contribution is -0.123. The predicted molar refractivity (Wildman–Crippen MR) is 88.1 cm³/mol. The second kappa shape index (κ2) is 9.47. The number of carbonyl (C=O) groups excluding carboxylic acids is 3. The fraction of sp³-hybridized carbons (Fsp3) is 0.188. The van der Waals surface area contributed by atoms with Gasteiger partial charge in [-0.3, -0.25) is 10.1 Å². The molecule has 2 aromatic rings. The molecule has 2 rings (SSSR count). The van der Waals surface area contributed by atoms with Crippen molar-refractivity contribution in [1.82, 2.24) is 10.6 Å². The van der Waals surface area contributed by atoms with Crippen LogP contribution in [0.1, 0.15) is 15.2 Å². The third-order valence-corrected chi connectivity index (χ3v) is 3.76. The molecule has 138 valence electrons. The van der Waals surface area contributed by atoms with Crippen molar-refractivity contribution in [2.75, 3.05) is 6.61 Å². The van der Waals surface area contributed by atoms with Crippen LogP contribution in [0.3, 0.4) is 0 Å². The summed E-state index contributed by atoms with van der Waals surface area (Å²) in [6.45, 7) is -3.47. The zero-order chi connectivity index (χ0) is 18.9. The van der Waals surface area contributed by atoms with E-state index >= 15 is 0 Å². The molecule has 0 atom stereocenters. The number of halogens is 2. The van der Waals surface area contributed by atoms with Crippen LogP contribution in [0.15, 0.2) is 41.8 Å². The van der Waals surface area contributed by atoms with Gasteiger partial charge in [-0.15, -0.1) is 11.3 Å². The standard InChI is InChI=1S/C16H14F2N2O5S/c17-15(18)25-11-4-1-3-10(7-11)14(22)24-9-13(21)20-16(23)19-8-12-5-2-6-26-12/h1-7,15H,8-9H2,(H2,19,20,21,23). The topological polar surface area (TPSA) is 93.7 Å². The van der Waals surface area contributed by atoms with Crippen LogP contribution in [-0.4, -0.2) is 31.1 Å². The molecular formula is C16H14F2N2O5S. The van der Waals surface area contributed by atoms with Gasteiger partial charge in [-0.2, -0.15) is 8.78 Å². The quantitative estimate of drug-likeness (QED) is 0.716. The van der Waals surface area contributed by atoms with Gasteiger partial charge >= 0.3 is 18.6 Å². The van der Waals surface area contributed by atoms with Crippen LogP contribution < -0.4 is 15.4 Å². The van der Waals surface area contributed by atoms with E-state index in [4.69, 9.17) is 4.74 Å². The number of esters is 1. The minimum atomic E-state index is -3.03. The summed E-state index contributed by atoms with van der Waals surface area (Å²) in [5.41, 5.74) is -0.0712. The van der Waals surface area contributed by atoms with Crippen LogP contribution in [0.4, 0.5) is 13.6 Å². The summed E-state index contributed by atoms with van der Waals surface area (Å²) < 4.78 is 33.2. The maximum absolute atomic E-state index is 12.2. The molecule has 26 heavy (non-hydrogen) atoms. The van der Waals surface area contributed by atoms with Crippen molar-refractivity contribution >= 4 is 29.2 Å². The average Bonchev–Trinajstić information content (AvgIpc) is 3.11. The van der Waals surface area contributed by atoms with E-state index in [9.17, 15) is 23.2 Å². The van der Waals surface area contributed by atoms with E-state index in [1.54, 1.807) is 0 Å². The Balaban J connectivity index is 1.75. The summed E-state index contributed by atoms with van der Waals surface area (Å²) in [7, 11) is 0. The lowest BCUT2D eigenvalue weighted by atomic mass is 10.2. The minimum Gasteiger partial charge on any atom is -0.452 e. The first-order chi connectivity index (χ1) is 12.4. The van der Waals surface area contributed by atoms with Crippen LogP contribution in [-0.2, 0) is 16.1 Å². The van der Waals surface area contributed by atoms with E-state index in [-0.39, 0.29) is 17.9 Å². The molecule has 0 fully saturated rings. The molecule has 0 saturated heterocycles. The van der Waals surface area contributed by atoms with E-state index < -0.39 is 31.1 Å². The van der Waals surface area contributed by atoms with Crippen LogP contribution in [0.25, 0.3) is 0 Å². The molecule has 0 unspecified atom stereocenters. The first-order valence-electron chi connectivity index (χ1n) is 7.26. The number of amides is 3. The molecule has 0 spiro atoms. The zero-order valence-electron chi connectivity index (χ0n) is 13.2. The molecule has 3 amide bonds. The number of ether oxygens (including phenoxy) is 2. The number of benzene rings is 1. The van der Waals surface area contributed by atoms with Gasteiger partial charge in [0.05, 0.1) is 12.1 Å². The molecule has 0 aliphatic heterocycles. The summed E-state index contributed by atoms with van der Waals surface area (Å²) in [6, 6.07) is 7.85. The molecule has 7 nitrogen and oxygen atoms in total. The van der Waals surface area contributed by atoms with E-state index in [1.807, 2.05) is 22.8 Å². The maximum atomic E-state index is 12.2. The monoisotopic (exact) mass is 384 g/mol. The number of urea groups is 1. The SMILES string of the molecule is O=C(COC(=O)c1cccc(OC(F)F)c1)NC(=O)NCc1cccs1. The van der Waals surface area contributed by atoms with E-state index in [0.717, 1.165) is 10.9 Å². The molecule has 1 aromatic heterocycles. The average molecular weight is 384 g/mol. The van der Waals surface area contributed by atoms with Crippen LogP contribution in [0.5, 0.6) is 5.75 Å². The Kier molecular flexibility index (Phi) is 7.03. The van der Waals surface area contributed by atoms with Gasteiger partial charge in [0.2, 0.25) is 0 Å². The van der Waals surface area contributed by atoms with Gasteiger partial charge in [0, 0.05) is 4.88 Å². The van der Waals surface area contributed by atoms with E-state index in [2.05, 4.69) is 10.1 Å². The first-order valence-corrected chi connectivity index (χ1v) is 8.14. The molecule has 0 aliphatic rings. The molecule has 2 N–H and O–H groups in total. The molecule has 1 heterocycles. The highest BCUT2D eigenvalue weighted by Gasteiger charge is 2.14. The smallest absolute Gasteiger partial charge is 0.387 e. The summed E-state index contributed by atoms with van der Waals surface area (Å²) in [5, 5.41) is 6.32. The Bertz CT molecular complexity index is 768. The van der Waals surface area contributed by atoms with Gasteiger partial charge in [0.25, 0.3) is 5.91 Å². The molecule has 1 aromatic carbocycles. The first kappa shape index (κ1) is 19.3. The van der Waals surface area contributed by atoms with Crippen LogP contribution in [0.2, 0.25) is 0 Å². The molecule has 10 heteroatoms. The Morgan fingerprint density at radius 3 is 2.65 bits per heavy atom. The predicted octanol–water partition coefficient (Wildman–Crippen LogP) is 2.53. The molecule has 0 saturated carbocycles. The zero-order valence-corrected chi connectivity index (χ0v) is 14.1. The summed E-state index contributed by atoms with van der Waals surface area (Å²) >= 11 is 1.45. The largest absolute Gasteiger partial charge is 0.452 e. The highest BCUT2D eigenvalue weighted by molar-refractivity contribution is 7.09. The van der Waals surface area contributed by atoms with Crippen molar-refractivity contribution in [2.45, 2.75) is 13.2 Å². The summed E-state index contributed by atoms with van der Waals surface area (Å²) in [6.07, 6.45) is 0. The van der Waals surface area contributed by atoms with Crippen LogP contribution in [0, 0.1) is 0 Å². The Morgan fingerprint density at radius 1 is 1.15 bits per heavy atom. The number of rotatable bonds is 7. The summed E-state index contributed by atoms with van der Waals surface area (Å²) in [5.74, 6) is -1.97. The summed E-state index contributed by atoms with van der Waals surface area (Å²) in [4.78, 5) is 35.9. The Morgan fingerprint density at radius 2 is 1.96 bits per heavy atom. The number of imide groups is 1. The van der Waals surface area contributed by atoms with Gasteiger partial charge in [0.1, 0.15) is 5.75 Å². The Labute approximate surface area is 150 Å². The second-order valence-electron chi connectivity index (χ2n) is 4.79. The molecule has 0 bridgehead atoms. The number of alkyl halides is 2. The number of nitrogens with one attached hydrogen (secondary N) is 2. The Hall–Kier alpha value is -3.01. The lowest BCUT2D eigenvalue weighted by Gasteiger charge is -2.08. The molecule has 0 aliphatic carbocycles. The van der Waals surface area contributed by atoms with Crippen molar-refractivity contribution in [3.63, 3.8) is 0 Å². The van der Waals surface area contributed by atoms with Crippen molar-refractivity contribution in [2.24, 2.45) is 0 Å². The number of carbonyl (C=O) groups is 3. The van der Waals surface area contributed by atoms with Crippen molar-refractivity contribution in [3.8, 4) is 5.75 Å². The third-order valence-electron chi connectivity index (χ3n) is 2.89. The van der Waals surface area contributed by atoms with Crippen molar-refractivity contribution < 1.29 is 32.6 Å². The van der Waals surface area contributed by atoms with E-state index in [1.165, 1.54) is 29.5 Å². The van der Waals surface area contributed by atoms with Gasteiger partial charge in [-0.05, 0) is 29.6 Å². The lowest BCUT2D eigenvalue weighted by Crippen LogP contribution is -2.41. The highest BCUT2D eigenvalue weighted by Crippen LogP contribution is 2.16. The fourth-order valence-corrected chi connectivity index (χ4v) is 2.45.